The number of aryl methyl sites for hydroxylation is 1. The molecule has 1 aliphatic rings. The van der Waals surface area contributed by atoms with Gasteiger partial charge in [-0.05, 0) is 61.3 Å². The number of halogens is 1. The van der Waals surface area contributed by atoms with E-state index in [-0.39, 0.29) is 16.2 Å². The highest BCUT2D eigenvalue weighted by atomic mass is 32.2. The van der Waals surface area contributed by atoms with E-state index in [1.807, 2.05) is 12.1 Å². The van der Waals surface area contributed by atoms with Crippen LogP contribution in [-0.4, -0.2) is 60.4 Å². The third-order valence-electron chi connectivity index (χ3n) is 5.43. The van der Waals surface area contributed by atoms with Gasteiger partial charge in [0.05, 0.1) is 35.9 Å². The van der Waals surface area contributed by atoms with Crippen molar-refractivity contribution in [2.75, 3.05) is 32.3 Å². The molecule has 1 heterocycles. The molecule has 0 aromatic heterocycles. The maximum atomic E-state index is 13.6. The molecule has 2 aromatic carbocycles. The fraction of sp³-hybridized carbons (Fsp3) is 0.429. The molecule has 1 N–H and O–H groups in total. The number of nitrogens with one attached hydrogen (secondary N) is 1. The largest absolute Gasteiger partial charge is 0.493 e. The van der Waals surface area contributed by atoms with E-state index in [2.05, 4.69) is 5.32 Å². The van der Waals surface area contributed by atoms with Crippen molar-refractivity contribution < 1.29 is 30.7 Å². The topological polar surface area (TPSA) is 98.8 Å². The van der Waals surface area contributed by atoms with E-state index in [0.29, 0.717) is 24.5 Å². The summed E-state index contributed by atoms with van der Waals surface area (Å²) in [6.07, 6.45) is 0.541. The van der Waals surface area contributed by atoms with Crippen LogP contribution in [0, 0.1) is 12.7 Å². The van der Waals surface area contributed by atoms with Crippen LogP contribution in [0.25, 0.3) is 0 Å². The fourth-order valence-corrected chi connectivity index (χ4v) is 8.52. The van der Waals surface area contributed by atoms with E-state index in [4.69, 9.17) is 9.47 Å². The second-order valence-corrected chi connectivity index (χ2v) is 11.9. The van der Waals surface area contributed by atoms with Crippen LogP contribution in [0.15, 0.2) is 41.3 Å². The predicted molar refractivity (Wildman–Crippen MR) is 116 cm³/mol. The second kappa shape index (κ2) is 9.13. The molecule has 0 amide bonds. The van der Waals surface area contributed by atoms with Crippen molar-refractivity contribution in [2.45, 2.75) is 29.5 Å². The first-order chi connectivity index (χ1) is 14.6. The number of rotatable bonds is 8. The Hall–Kier alpha value is -2.17. The normalized spacial score (nSPS) is 20.5. The van der Waals surface area contributed by atoms with E-state index in [1.165, 1.54) is 26.2 Å². The molecule has 170 valence electrons. The Balaban J connectivity index is 1.76. The van der Waals surface area contributed by atoms with Crippen LogP contribution in [0.5, 0.6) is 11.5 Å². The molecule has 1 aliphatic heterocycles. The zero-order valence-corrected chi connectivity index (χ0v) is 19.2. The van der Waals surface area contributed by atoms with Gasteiger partial charge in [-0.1, -0.05) is 6.07 Å². The minimum atomic E-state index is -3.96. The summed E-state index contributed by atoms with van der Waals surface area (Å²) in [6.45, 7) is 1.85. The Labute approximate surface area is 182 Å². The van der Waals surface area contributed by atoms with Crippen molar-refractivity contribution in [3.05, 3.63) is 53.3 Å². The van der Waals surface area contributed by atoms with Crippen molar-refractivity contribution >= 4 is 19.7 Å². The Morgan fingerprint density at radius 3 is 2.42 bits per heavy atom. The van der Waals surface area contributed by atoms with Gasteiger partial charge in [0.15, 0.2) is 31.2 Å². The zero-order chi connectivity index (χ0) is 22.8. The molecule has 2 atom stereocenters. The minimum absolute atomic E-state index is 0.0693. The Kier molecular flexibility index (Phi) is 6.92. The lowest BCUT2D eigenvalue weighted by Gasteiger charge is -2.20. The standard InChI is InChI=1S/C21H26FNO6S2/c1-14-10-16(5-6-17(14)22)31(26,27)21-13-30(24,25)12-18(21)23-9-8-15-4-7-19(28-2)20(11-15)29-3/h4-7,10-11,18,21,23H,8-9,12-13H2,1-3H3. The summed E-state index contributed by atoms with van der Waals surface area (Å²) in [5, 5.41) is 1.97. The van der Waals surface area contributed by atoms with Gasteiger partial charge in [0.2, 0.25) is 0 Å². The molecule has 1 saturated heterocycles. The number of methoxy groups -OCH3 is 2. The molecule has 0 saturated carbocycles. The maximum absolute atomic E-state index is 13.6. The summed E-state index contributed by atoms with van der Waals surface area (Å²) in [6, 6.07) is 8.23. The van der Waals surface area contributed by atoms with E-state index >= 15 is 0 Å². The Morgan fingerprint density at radius 1 is 1.06 bits per heavy atom. The van der Waals surface area contributed by atoms with Crippen LogP contribution in [0.1, 0.15) is 11.1 Å². The highest BCUT2D eigenvalue weighted by molar-refractivity contribution is 7.96. The minimum Gasteiger partial charge on any atom is -0.493 e. The summed E-state index contributed by atoms with van der Waals surface area (Å²) in [5.41, 5.74) is 1.12. The van der Waals surface area contributed by atoms with E-state index in [0.717, 1.165) is 11.6 Å². The van der Waals surface area contributed by atoms with Gasteiger partial charge in [-0.2, -0.15) is 0 Å². The van der Waals surface area contributed by atoms with Crippen LogP contribution in [-0.2, 0) is 26.1 Å². The van der Waals surface area contributed by atoms with Crippen LogP contribution in [0.2, 0.25) is 0 Å². The monoisotopic (exact) mass is 471 g/mol. The summed E-state index contributed by atoms with van der Waals surface area (Å²) in [4.78, 5) is -0.0693. The molecule has 0 aliphatic carbocycles. The van der Waals surface area contributed by atoms with Gasteiger partial charge in [0, 0.05) is 6.04 Å². The summed E-state index contributed by atoms with van der Waals surface area (Å²) in [7, 11) is -4.40. The van der Waals surface area contributed by atoms with Crippen molar-refractivity contribution in [1.82, 2.24) is 5.32 Å². The summed E-state index contributed by atoms with van der Waals surface area (Å²) < 4.78 is 74.8. The average Bonchev–Trinajstić information content (AvgIpc) is 3.05. The fourth-order valence-electron chi connectivity index (χ4n) is 3.72. The van der Waals surface area contributed by atoms with E-state index in [9.17, 15) is 21.2 Å². The molecular weight excluding hydrogens is 445 g/mol. The van der Waals surface area contributed by atoms with Gasteiger partial charge >= 0.3 is 0 Å². The molecule has 31 heavy (non-hydrogen) atoms. The van der Waals surface area contributed by atoms with Crippen LogP contribution >= 0.6 is 0 Å². The molecule has 10 heteroatoms. The first-order valence-electron chi connectivity index (χ1n) is 9.72. The average molecular weight is 472 g/mol. The summed E-state index contributed by atoms with van der Waals surface area (Å²) >= 11 is 0. The highest BCUT2D eigenvalue weighted by Crippen LogP contribution is 2.29. The lowest BCUT2D eigenvalue weighted by atomic mass is 10.1. The molecular formula is C21H26FNO6S2. The maximum Gasteiger partial charge on any atom is 0.183 e. The molecule has 0 bridgehead atoms. The van der Waals surface area contributed by atoms with Gasteiger partial charge < -0.3 is 14.8 Å². The van der Waals surface area contributed by atoms with Gasteiger partial charge in [-0.25, -0.2) is 21.2 Å². The van der Waals surface area contributed by atoms with Crippen molar-refractivity contribution in [1.29, 1.82) is 0 Å². The van der Waals surface area contributed by atoms with E-state index in [1.54, 1.807) is 13.2 Å². The first-order valence-corrected chi connectivity index (χ1v) is 13.1. The van der Waals surface area contributed by atoms with Crippen LogP contribution < -0.4 is 14.8 Å². The third kappa shape index (κ3) is 5.19. The number of hydrogen-bond acceptors (Lipinski definition) is 7. The lowest BCUT2D eigenvalue weighted by Crippen LogP contribution is -2.44. The zero-order valence-electron chi connectivity index (χ0n) is 17.6. The molecule has 3 rings (SSSR count). The predicted octanol–water partition coefficient (Wildman–Crippen LogP) is 1.92. The van der Waals surface area contributed by atoms with Gasteiger partial charge in [-0.3, -0.25) is 0 Å². The van der Waals surface area contributed by atoms with Gasteiger partial charge in [-0.15, -0.1) is 0 Å². The second-order valence-electron chi connectivity index (χ2n) is 7.57. The molecule has 0 radical (unpaired) electrons. The molecule has 7 nitrogen and oxygen atoms in total. The quantitative estimate of drug-likeness (QED) is 0.588. The van der Waals surface area contributed by atoms with Crippen LogP contribution in [0.3, 0.4) is 0 Å². The molecule has 2 aromatic rings. The van der Waals surface area contributed by atoms with Crippen LogP contribution in [0.4, 0.5) is 4.39 Å². The lowest BCUT2D eigenvalue weighted by molar-refractivity contribution is 0.354. The van der Waals surface area contributed by atoms with Gasteiger partial charge in [0.25, 0.3) is 0 Å². The highest BCUT2D eigenvalue weighted by Gasteiger charge is 2.45. The SMILES string of the molecule is COc1ccc(CCNC2CS(=O)(=O)CC2S(=O)(=O)c2ccc(F)c(C)c2)cc1OC. The Morgan fingerprint density at radius 2 is 1.77 bits per heavy atom. The first kappa shape index (κ1) is 23.5. The number of hydrogen-bond donors (Lipinski definition) is 1. The Bertz CT molecular complexity index is 1160. The summed E-state index contributed by atoms with van der Waals surface area (Å²) in [5.74, 6) is -0.0528. The molecule has 2 unspecified atom stereocenters. The van der Waals surface area contributed by atoms with Gasteiger partial charge in [0.1, 0.15) is 5.82 Å². The molecule has 1 fully saturated rings. The number of ether oxygens (including phenoxy) is 2. The van der Waals surface area contributed by atoms with E-state index < -0.39 is 42.5 Å². The van der Waals surface area contributed by atoms with Crippen molar-refractivity contribution in [2.24, 2.45) is 0 Å². The molecule has 0 spiro atoms. The third-order valence-corrected chi connectivity index (χ3v) is 9.57. The number of sulfone groups is 2. The van der Waals surface area contributed by atoms with Crippen molar-refractivity contribution in [3.8, 4) is 11.5 Å². The smallest absolute Gasteiger partial charge is 0.183 e. The van der Waals surface area contributed by atoms with Crippen molar-refractivity contribution in [3.63, 3.8) is 0 Å². The number of benzene rings is 2.